The third-order valence-electron chi connectivity index (χ3n) is 9.61. The molecule has 4 aromatic heterocycles. The Kier molecular flexibility index (Phi) is 5.84. The number of aromatic nitrogens is 4. The van der Waals surface area contributed by atoms with Crippen LogP contribution < -0.4 is 0 Å². The molecule has 0 aliphatic rings. The van der Waals surface area contributed by atoms with Crippen LogP contribution in [0.2, 0.25) is 0 Å². The highest BCUT2D eigenvalue weighted by molar-refractivity contribution is 6.23. The van der Waals surface area contributed by atoms with Gasteiger partial charge in [0.2, 0.25) is 0 Å². The Balaban J connectivity index is 1.25. The number of fused-ring (bicyclic) bond motifs is 9. The summed E-state index contributed by atoms with van der Waals surface area (Å²) in [4.78, 5) is 10.4. The predicted octanol–water partition coefficient (Wildman–Crippen LogP) is 11.2. The normalized spacial score (nSPS) is 11.8. The Morgan fingerprint density at radius 3 is 1.08 bits per heavy atom. The molecule has 0 unspecified atom stereocenters. The van der Waals surface area contributed by atoms with Gasteiger partial charge in [0.1, 0.15) is 11.0 Å². The average Bonchev–Trinajstić information content (AvgIpc) is 3.69. The second-order valence-corrected chi connectivity index (χ2v) is 12.3. The monoisotopic (exact) mass is 612 g/mol. The molecule has 0 radical (unpaired) electrons. The molecule has 4 heterocycles. The molecular formula is C44H28N4. The van der Waals surface area contributed by atoms with Gasteiger partial charge in [-0.1, -0.05) is 121 Å². The molecule has 4 nitrogen and oxygen atoms in total. The summed E-state index contributed by atoms with van der Waals surface area (Å²) in [6, 6.07) is 55.9. The number of benzene rings is 6. The maximum absolute atomic E-state index is 5.20. The summed E-state index contributed by atoms with van der Waals surface area (Å²) in [5, 5.41) is 4.50. The van der Waals surface area contributed by atoms with Gasteiger partial charge in [-0.25, -0.2) is 0 Å². The highest BCUT2D eigenvalue weighted by Crippen LogP contribution is 2.40. The first-order valence-electron chi connectivity index (χ1n) is 16.3. The topological polar surface area (TPSA) is 35.6 Å². The fraction of sp³-hybridized carbons (Fsp3) is 0. The third-order valence-corrected chi connectivity index (χ3v) is 9.61. The first-order valence-corrected chi connectivity index (χ1v) is 16.3. The molecule has 224 valence electrons. The Bertz CT molecular complexity index is 2600. The number of pyridine rings is 2. The van der Waals surface area contributed by atoms with Gasteiger partial charge in [-0.15, -0.1) is 0 Å². The van der Waals surface area contributed by atoms with E-state index in [1.807, 2.05) is 12.4 Å². The van der Waals surface area contributed by atoms with Crippen LogP contribution in [0.5, 0.6) is 0 Å². The van der Waals surface area contributed by atoms with Crippen LogP contribution in [0, 0.1) is 0 Å². The molecular weight excluding hydrogens is 585 g/mol. The number of hydrogen-bond donors (Lipinski definition) is 0. The molecule has 48 heavy (non-hydrogen) atoms. The number of nitrogens with zero attached hydrogens (tertiary/aromatic N) is 4. The summed E-state index contributed by atoms with van der Waals surface area (Å²) in [5.74, 6) is 0. The summed E-state index contributed by atoms with van der Waals surface area (Å²) in [5.41, 5.74) is 13.1. The quantitative estimate of drug-likeness (QED) is 0.198. The lowest BCUT2D eigenvalue weighted by Gasteiger charge is -2.12. The molecule has 0 saturated carbocycles. The SMILES string of the molecule is c1ccc(-c2ccc(-n3c4ccccc4c4cnc5c(ncc6c7ccccc7n(-c7ccc(-c8ccccc8)cc7)c65)c43)cc2)cc1. The molecule has 10 aromatic rings. The lowest BCUT2D eigenvalue weighted by molar-refractivity contribution is 1.17. The molecule has 10 rings (SSSR count). The zero-order valence-corrected chi connectivity index (χ0v) is 26.0. The van der Waals surface area contributed by atoms with Gasteiger partial charge < -0.3 is 9.13 Å². The van der Waals surface area contributed by atoms with Crippen LogP contribution in [0.4, 0.5) is 0 Å². The number of hydrogen-bond acceptors (Lipinski definition) is 2. The van der Waals surface area contributed by atoms with Crippen LogP contribution >= 0.6 is 0 Å². The summed E-state index contributed by atoms with van der Waals surface area (Å²) in [7, 11) is 0. The van der Waals surface area contributed by atoms with Crippen LogP contribution in [-0.4, -0.2) is 19.1 Å². The molecule has 6 aromatic carbocycles. The summed E-state index contributed by atoms with van der Waals surface area (Å²) >= 11 is 0. The van der Waals surface area contributed by atoms with Gasteiger partial charge in [0.15, 0.2) is 0 Å². The molecule has 0 spiro atoms. The molecule has 0 aliphatic carbocycles. The van der Waals surface area contributed by atoms with Crippen molar-refractivity contribution in [3.8, 4) is 33.6 Å². The van der Waals surface area contributed by atoms with Crippen LogP contribution in [0.3, 0.4) is 0 Å². The lowest BCUT2D eigenvalue weighted by atomic mass is 10.1. The fourth-order valence-electron chi connectivity index (χ4n) is 7.39. The van der Waals surface area contributed by atoms with Crippen molar-refractivity contribution in [2.75, 3.05) is 0 Å². The Morgan fingerprint density at radius 1 is 0.312 bits per heavy atom. The summed E-state index contributed by atoms with van der Waals surface area (Å²) in [6.45, 7) is 0. The highest BCUT2D eigenvalue weighted by Gasteiger charge is 2.21. The van der Waals surface area contributed by atoms with Crippen molar-refractivity contribution >= 4 is 54.6 Å². The van der Waals surface area contributed by atoms with Crippen LogP contribution in [0.25, 0.3) is 88.3 Å². The van der Waals surface area contributed by atoms with E-state index in [2.05, 4.69) is 167 Å². The van der Waals surface area contributed by atoms with Gasteiger partial charge in [-0.2, -0.15) is 0 Å². The van der Waals surface area contributed by atoms with E-state index in [1.54, 1.807) is 0 Å². The van der Waals surface area contributed by atoms with E-state index in [0.29, 0.717) is 0 Å². The smallest absolute Gasteiger partial charge is 0.115 e. The van der Waals surface area contributed by atoms with Gasteiger partial charge in [0, 0.05) is 45.3 Å². The highest BCUT2D eigenvalue weighted by atomic mass is 15.0. The minimum Gasteiger partial charge on any atom is -0.307 e. The van der Waals surface area contributed by atoms with E-state index in [1.165, 1.54) is 22.3 Å². The fourth-order valence-corrected chi connectivity index (χ4v) is 7.39. The first kappa shape index (κ1) is 26.7. The molecule has 0 amide bonds. The predicted molar refractivity (Wildman–Crippen MR) is 199 cm³/mol. The van der Waals surface area contributed by atoms with Gasteiger partial charge in [-0.3, -0.25) is 9.97 Å². The van der Waals surface area contributed by atoms with E-state index in [0.717, 1.165) is 66.0 Å². The lowest BCUT2D eigenvalue weighted by Crippen LogP contribution is -1.98. The van der Waals surface area contributed by atoms with Crippen molar-refractivity contribution in [2.24, 2.45) is 0 Å². The van der Waals surface area contributed by atoms with Gasteiger partial charge >= 0.3 is 0 Å². The van der Waals surface area contributed by atoms with E-state index < -0.39 is 0 Å². The van der Waals surface area contributed by atoms with Crippen molar-refractivity contribution in [1.82, 2.24) is 19.1 Å². The van der Waals surface area contributed by atoms with Crippen LogP contribution in [0.15, 0.2) is 170 Å². The van der Waals surface area contributed by atoms with Crippen molar-refractivity contribution in [1.29, 1.82) is 0 Å². The first-order chi connectivity index (χ1) is 23.8. The number of para-hydroxylation sites is 2. The van der Waals surface area contributed by atoms with Gasteiger partial charge in [0.25, 0.3) is 0 Å². The van der Waals surface area contributed by atoms with Crippen LogP contribution in [-0.2, 0) is 0 Å². The van der Waals surface area contributed by atoms with Crippen molar-refractivity contribution in [3.63, 3.8) is 0 Å². The largest absolute Gasteiger partial charge is 0.307 e. The number of rotatable bonds is 4. The second-order valence-electron chi connectivity index (χ2n) is 12.3. The average molecular weight is 613 g/mol. The second kappa shape index (κ2) is 10.5. The van der Waals surface area contributed by atoms with Crippen molar-refractivity contribution in [3.05, 3.63) is 170 Å². The molecule has 0 N–H and O–H groups in total. The van der Waals surface area contributed by atoms with Crippen molar-refractivity contribution in [2.45, 2.75) is 0 Å². The maximum atomic E-state index is 5.20. The van der Waals surface area contributed by atoms with E-state index in [9.17, 15) is 0 Å². The molecule has 0 fully saturated rings. The molecule has 0 aliphatic heterocycles. The molecule has 4 heteroatoms. The summed E-state index contributed by atoms with van der Waals surface area (Å²) in [6.07, 6.45) is 4.08. The molecule has 0 atom stereocenters. The minimum atomic E-state index is 0.883. The van der Waals surface area contributed by atoms with Gasteiger partial charge in [-0.05, 0) is 58.7 Å². The zero-order valence-electron chi connectivity index (χ0n) is 26.0. The van der Waals surface area contributed by atoms with Crippen LogP contribution in [0.1, 0.15) is 0 Å². The molecule has 0 bridgehead atoms. The molecule has 0 saturated heterocycles. The minimum absolute atomic E-state index is 0.883. The maximum Gasteiger partial charge on any atom is 0.115 e. The zero-order chi connectivity index (χ0) is 31.6. The third kappa shape index (κ3) is 3.96. The standard InChI is InChI=1S/C44H28N4/c1-3-11-29(12-4-1)31-19-23-33(24-20-31)47-39-17-9-7-15-35(39)37-27-46-42-41(43(37)47)45-28-38-36-16-8-10-18-40(36)48(44(38)42)34-25-21-32(22-26-34)30-13-5-2-6-14-30/h1-28H. The van der Waals surface area contributed by atoms with Crippen molar-refractivity contribution < 1.29 is 0 Å². The Hall–Kier alpha value is -6.52. The Labute approximate surface area is 276 Å². The van der Waals surface area contributed by atoms with Gasteiger partial charge in [0.05, 0.1) is 22.1 Å². The Morgan fingerprint density at radius 2 is 0.667 bits per heavy atom. The summed E-state index contributed by atoms with van der Waals surface area (Å²) < 4.78 is 4.70. The van der Waals surface area contributed by atoms with E-state index in [-0.39, 0.29) is 0 Å². The van der Waals surface area contributed by atoms with E-state index >= 15 is 0 Å². The van der Waals surface area contributed by atoms with E-state index in [4.69, 9.17) is 9.97 Å².